The van der Waals surface area contributed by atoms with Crippen molar-refractivity contribution in [3.05, 3.63) is 47.0 Å². The van der Waals surface area contributed by atoms with Gasteiger partial charge in [0.2, 0.25) is 5.95 Å². The number of nitrogens with one attached hydrogen (secondary N) is 1. The van der Waals surface area contributed by atoms with Gasteiger partial charge in [0.25, 0.3) is 0 Å². The molecule has 0 aliphatic heterocycles. The number of nitrogens with zero attached hydrogens (tertiary/aromatic N) is 3. The fourth-order valence-corrected chi connectivity index (χ4v) is 1.77. The van der Waals surface area contributed by atoms with Gasteiger partial charge < -0.3 is 15.5 Å². The molecule has 0 aromatic carbocycles. The Balaban J connectivity index is 2.10. The van der Waals surface area contributed by atoms with Gasteiger partial charge in [-0.3, -0.25) is 4.98 Å². The highest BCUT2D eigenvalue weighted by atomic mass is 79.9. The molecule has 2 unspecified atom stereocenters. The summed E-state index contributed by atoms with van der Waals surface area (Å²) in [5.74, 6) is 0.338. The zero-order valence-corrected chi connectivity index (χ0v) is 11.5. The first kappa shape index (κ1) is 13.9. The summed E-state index contributed by atoms with van der Waals surface area (Å²) < 4.78 is 0.756. The van der Waals surface area contributed by atoms with Gasteiger partial charge in [0, 0.05) is 30.4 Å². The van der Waals surface area contributed by atoms with Crippen molar-refractivity contribution in [2.24, 2.45) is 0 Å². The first-order chi connectivity index (χ1) is 9.20. The van der Waals surface area contributed by atoms with E-state index >= 15 is 0 Å². The Morgan fingerprint density at radius 1 is 1.26 bits per heavy atom. The van der Waals surface area contributed by atoms with Crippen molar-refractivity contribution in [1.29, 1.82) is 0 Å². The van der Waals surface area contributed by atoms with E-state index in [2.05, 4.69) is 36.2 Å². The molecule has 0 radical (unpaired) electrons. The lowest BCUT2D eigenvalue weighted by molar-refractivity contribution is 0.118. The molecule has 2 aromatic heterocycles. The zero-order valence-electron chi connectivity index (χ0n) is 9.94. The zero-order chi connectivity index (χ0) is 13.7. The Morgan fingerprint density at radius 3 is 2.58 bits per heavy atom. The third-order valence-electron chi connectivity index (χ3n) is 2.54. The van der Waals surface area contributed by atoms with Crippen LogP contribution in [0.15, 0.2) is 41.4 Å². The lowest BCUT2D eigenvalue weighted by atomic mass is 10.1. The second-order valence-corrected chi connectivity index (χ2v) is 4.81. The van der Waals surface area contributed by atoms with Crippen LogP contribution in [0.2, 0.25) is 0 Å². The monoisotopic (exact) mass is 324 g/mol. The van der Waals surface area contributed by atoms with Crippen molar-refractivity contribution in [2.45, 2.75) is 12.1 Å². The van der Waals surface area contributed by atoms with Gasteiger partial charge in [-0.15, -0.1) is 0 Å². The minimum atomic E-state index is -0.897. The number of hydrogen-bond acceptors (Lipinski definition) is 6. The molecule has 0 aliphatic carbocycles. The van der Waals surface area contributed by atoms with E-state index in [4.69, 9.17) is 0 Å². The fourth-order valence-electron chi connectivity index (χ4n) is 1.56. The molecule has 2 aromatic rings. The molecule has 0 saturated heterocycles. The second kappa shape index (κ2) is 6.55. The van der Waals surface area contributed by atoms with Crippen LogP contribution in [-0.2, 0) is 0 Å². The summed E-state index contributed by atoms with van der Waals surface area (Å²) in [5.41, 5.74) is 0.617. The van der Waals surface area contributed by atoms with E-state index in [-0.39, 0.29) is 6.61 Å². The van der Waals surface area contributed by atoms with Crippen molar-refractivity contribution in [2.75, 3.05) is 11.9 Å². The van der Waals surface area contributed by atoms with Crippen LogP contribution in [0.3, 0.4) is 0 Å². The number of hydrogen-bond donors (Lipinski definition) is 3. The maximum atomic E-state index is 10.2. The summed E-state index contributed by atoms with van der Waals surface area (Å²) in [6, 6.07) is 2.86. The quantitative estimate of drug-likeness (QED) is 0.764. The standard InChI is InChI=1S/C12H13BrN4O2/c13-9-5-15-12(16-6-9)17-10(7-18)11(19)8-2-1-3-14-4-8/h1-6,10-11,18-19H,7H2,(H,15,16,17). The molecule has 100 valence electrons. The van der Waals surface area contributed by atoms with Crippen LogP contribution in [0.5, 0.6) is 0 Å². The Labute approximate surface area is 118 Å². The molecule has 0 fully saturated rings. The summed E-state index contributed by atoms with van der Waals surface area (Å²) in [5, 5.41) is 22.4. The molecule has 0 aliphatic rings. The van der Waals surface area contributed by atoms with E-state index in [1.807, 2.05) is 0 Å². The first-order valence-electron chi connectivity index (χ1n) is 5.63. The van der Waals surface area contributed by atoms with Gasteiger partial charge in [-0.2, -0.15) is 0 Å². The number of aliphatic hydroxyl groups is 2. The van der Waals surface area contributed by atoms with Crippen LogP contribution in [0.1, 0.15) is 11.7 Å². The number of halogens is 1. The molecule has 2 rings (SSSR count). The van der Waals surface area contributed by atoms with Gasteiger partial charge in [0.1, 0.15) is 6.10 Å². The molecule has 19 heavy (non-hydrogen) atoms. The number of aromatic nitrogens is 3. The van der Waals surface area contributed by atoms with E-state index in [9.17, 15) is 10.2 Å². The largest absolute Gasteiger partial charge is 0.394 e. The average Bonchev–Trinajstić information content (AvgIpc) is 2.47. The molecule has 6 nitrogen and oxygen atoms in total. The van der Waals surface area contributed by atoms with E-state index in [0.717, 1.165) is 4.47 Å². The van der Waals surface area contributed by atoms with E-state index < -0.39 is 12.1 Å². The van der Waals surface area contributed by atoms with Crippen molar-refractivity contribution in [3.63, 3.8) is 0 Å². The van der Waals surface area contributed by atoms with Crippen LogP contribution in [0, 0.1) is 0 Å². The van der Waals surface area contributed by atoms with Gasteiger partial charge in [-0.05, 0) is 22.0 Å². The topological polar surface area (TPSA) is 91.2 Å². The maximum Gasteiger partial charge on any atom is 0.223 e. The number of pyridine rings is 1. The number of aliphatic hydroxyl groups excluding tert-OH is 2. The molecule has 2 heterocycles. The second-order valence-electron chi connectivity index (χ2n) is 3.89. The Hall–Kier alpha value is -1.57. The third kappa shape index (κ3) is 3.69. The van der Waals surface area contributed by atoms with E-state index in [1.165, 1.54) is 0 Å². The molecule has 2 atom stereocenters. The molecule has 7 heteroatoms. The van der Waals surface area contributed by atoms with Crippen LogP contribution >= 0.6 is 15.9 Å². The molecule has 3 N–H and O–H groups in total. The average molecular weight is 325 g/mol. The van der Waals surface area contributed by atoms with Gasteiger partial charge in [0.15, 0.2) is 0 Å². The fraction of sp³-hybridized carbons (Fsp3) is 0.250. The lowest BCUT2D eigenvalue weighted by Gasteiger charge is -2.22. The molecular formula is C12H13BrN4O2. The SMILES string of the molecule is OCC(Nc1ncc(Br)cn1)C(O)c1cccnc1. The van der Waals surface area contributed by atoms with Crippen molar-refractivity contribution < 1.29 is 10.2 Å². The molecule has 0 amide bonds. The highest BCUT2D eigenvalue weighted by Gasteiger charge is 2.21. The van der Waals surface area contributed by atoms with Crippen molar-refractivity contribution >= 4 is 21.9 Å². The Kier molecular flexibility index (Phi) is 4.78. The highest BCUT2D eigenvalue weighted by Crippen LogP contribution is 2.18. The van der Waals surface area contributed by atoms with Crippen LogP contribution < -0.4 is 5.32 Å². The lowest BCUT2D eigenvalue weighted by Crippen LogP contribution is -2.32. The van der Waals surface area contributed by atoms with Crippen molar-refractivity contribution in [3.8, 4) is 0 Å². The minimum Gasteiger partial charge on any atom is -0.394 e. The predicted octanol–water partition coefficient (Wildman–Crippen LogP) is 1.14. The summed E-state index contributed by atoms with van der Waals surface area (Å²) in [7, 11) is 0. The summed E-state index contributed by atoms with van der Waals surface area (Å²) in [4.78, 5) is 12.0. The Morgan fingerprint density at radius 2 is 2.00 bits per heavy atom. The number of anilines is 1. The third-order valence-corrected chi connectivity index (χ3v) is 2.95. The first-order valence-corrected chi connectivity index (χ1v) is 6.43. The van der Waals surface area contributed by atoms with Crippen LogP contribution in [0.25, 0.3) is 0 Å². The van der Waals surface area contributed by atoms with Gasteiger partial charge in [-0.25, -0.2) is 9.97 Å². The van der Waals surface area contributed by atoms with Crippen molar-refractivity contribution in [1.82, 2.24) is 15.0 Å². The van der Waals surface area contributed by atoms with E-state index in [1.54, 1.807) is 36.9 Å². The summed E-state index contributed by atoms with van der Waals surface area (Å²) in [6.07, 6.45) is 5.44. The normalized spacial score (nSPS) is 13.8. The molecule has 0 bridgehead atoms. The minimum absolute atomic E-state index is 0.254. The number of rotatable bonds is 5. The summed E-state index contributed by atoms with van der Waals surface area (Å²) >= 11 is 3.23. The molecule has 0 saturated carbocycles. The van der Waals surface area contributed by atoms with Crippen LogP contribution in [-0.4, -0.2) is 37.8 Å². The van der Waals surface area contributed by atoms with Crippen LogP contribution in [0.4, 0.5) is 5.95 Å². The molecular weight excluding hydrogens is 312 g/mol. The van der Waals surface area contributed by atoms with E-state index in [0.29, 0.717) is 11.5 Å². The van der Waals surface area contributed by atoms with Gasteiger partial charge in [0.05, 0.1) is 17.1 Å². The predicted molar refractivity (Wildman–Crippen MR) is 73.4 cm³/mol. The maximum absolute atomic E-state index is 10.2. The highest BCUT2D eigenvalue weighted by molar-refractivity contribution is 9.10. The smallest absolute Gasteiger partial charge is 0.223 e. The molecule has 0 spiro atoms. The Bertz CT molecular complexity index is 509. The van der Waals surface area contributed by atoms with Gasteiger partial charge >= 0.3 is 0 Å². The van der Waals surface area contributed by atoms with Gasteiger partial charge in [-0.1, -0.05) is 6.07 Å². The summed E-state index contributed by atoms with van der Waals surface area (Å²) in [6.45, 7) is -0.254.